The van der Waals surface area contributed by atoms with Gasteiger partial charge >= 0.3 is 0 Å². The zero-order chi connectivity index (χ0) is 13.1. The van der Waals surface area contributed by atoms with Crippen molar-refractivity contribution in [3.63, 3.8) is 0 Å². The highest BCUT2D eigenvalue weighted by molar-refractivity contribution is 6.30. The molecule has 0 atom stereocenters. The standard InChI is InChI=1S/C14H24ClN3/c1-10-4-6-12(7-5-10)8-16-9-13-11(2)17-18(3)14(13)15/h10,12,16H,4-9H2,1-3H3. The van der Waals surface area contributed by atoms with Crippen LogP contribution in [0.15, 0.2) is 0 Å². The van der Waals surface area contributed by atoms with Crippen LogP contribution in [0.2, 0.25) is 5.15 Å². The lowest BCUT2D eigenvalue weighted by Gasteiger charge is -2.26. The molecule has 0 bridgehead atoms. The topological polar surface area (TPSA) is 29.9 Å². The van der Waals surface area contributed by atoms with Crippen LogP contribution in [-0.2, 0) is 13.6 Å². The number of aromatic nitrogens is 2. The Hall–Kier alpha value is -0.540. The molecule has 1 heterocycles. The summed E-state index contributed by atoms with van der Waals surface area (Å²) in [5, 5.41) is 8.64. The van der Waals surface area contributed by atoms with Gasteiger partial charge in [-0.05, 0) is 38.1 Å². The second kappa shape index (κ2) is 6.07. The number of aryl methyl sites for hydroxylation is 2. The predicted octanol–water partition coefficient (Wildman–Crippen LogP) is 3.30. The lowest BCUT2D eigenvalue weighted by Crippen LogP contribution is -2.25. The Kier molecular flexibility index (Phi) is 4.68. The zero-order valence-corrected chi connectivity index (χ0v) is 12.4. The van der Waals surface area contributed by atoms with Crippen molar-refractivity contribution in [3.05, 3.63) is 16.4 Å². The van der Waals surface area contributed by atoms with Crippen LogP contribution in [0.3, 0.4) is 0 Å². The van der Waals surface area contributed by atoms with Crippen molar-refractivity contribution >= 4 is 11.6 Å². The van der Waals surface area contributed by atoms with Gasteiger partial charge in [0.1, 0.15) is 5.15 Å². The molecule has 1 aromatic heterocycles. The molecule has 1 aromatic rings. The largest absolute Gasteiger partial charge is 0.312 e. The molecular formula is C14H24ClN3. The Labute approximate surface area is 115 Å². The van der Waals surface area contributed by atoms with E-state index in [4.69, 9.17) is 11.6 Å². The Morgan fingerprint density at radius 3 is 2.56 bits per heavy atom. The summed E-state index contributed by atoms with van der Waals surface area (Å²) in [4.78, 5) is 0. The normalized spacial score (nSPS) is 24.4. The minimum atomic E-state index is 0.761. The van der Waals surface area contributed by atoms with Gasteiger partial charge in [0.25, 0.3) is 0 Å². The van der Waals surface area contributed by atoms with E-state index in [1.807, 2.05) is 14.0 Å². The van der Waals surface area contributed by atoms with Crippen LogP contribution in [0.5, 0.6) is 0 Å². The lowest BCUT2D eigenvalue weighted by molar-refractivity contribution is 0.281. The first-order valence-electron chi connectivity index (χ1n) is 6.96. The van der Waals surface area contributed by atoms with Gasteiger partial charge in [-0.1, -0.05) is 31.4 Å². The van der Waals surface area contributed by atoms with E-state index in [1.54, 1.807) is 4.68 Å². The van der Waals surface area contributed by atoms with E-state index < -0.39 is 0 Å². The summed E-state index contributed by atoms with van der Waals surface area (Å²) in [7, 11) is 1.89. The summed E-state index contributed by atoms with van der Waals surface area (Å²) in [6.45, 7) is 6.33. The minimum Gasteiger partial charge on any atom is -0.312 e. The van der Waals surface area contributed by atoms with Gasteiger partial charge < -0.3 is 5.32 Å². The highest BCUT2D eigenvalue weighted by Crippen LogP contribution is 2.27. The van der Waals surface area contributed by atoms with Gasteiger partial charge in [-0.3, -0.25) is 4.68 Å². The average Bonchev–Trinajstić information content (AvgIpc) is 2.58. The number of halogens is 1. The molecule has 0 aliphatic heterocycles. The summed E-state index contributed by atoms with van der Waals surface area (Å²) < 4.78 is 1.75. The summed E-state index contributed by atoms with van der Waals surface area (Å²) in [5.41, 5.74) is 2.18. The third-order valence-electron chi connectivity index (χ3n) is 4.14. The maximum atomic E-state index is 6.22. The fourth-order valence-electron chi connectivity index (χ4n) is 2.81. The molecule has 0 saturated heterocycles. The molecule has 3 nitrogen and oxygen atoms in total. The Morgan fingerprint density at radius 1 is 1.33 bits per heavy atom. The van der Waals surface area contributed by atoms with E-state index in [0.29, 0.717) is 0 Å². The molecule has 0 radical (unpaired) electrons. The van der Waals surface area contributed by atoms with E-state index in [9.17, 15) is 0 Å². The van der Waals surface area contributed by atoms with E-state index >= 15 is 0 Å². The minimum absolute atomic E-state index is 0.761. The fourth-order valence-corrected chi connectivity index (χ4v) is 3.05. The molecule has 102 valence electrons. The second-order valence-corrected chi connectivity index (χ2v) is 6.09. The third-order valence-corrected chi connectivity index (χ3v) is 4.61. The van der Waals surface area contributed by atoms with Gasteiger partial charge in [0, 0.05) is 19.2 Å². The van der Waals surface area contributed by atoms with E-state index in [1.165, 1.54) is 25.7 Å². The molecule has 0 unspecified atom stereocenters. The van der Waals surface area contributed by atoms with Crippen LogP contribution in [0.25, 0.3) is 0 Å². The molecule has 1 aliphatic rings. The van der Waals surface area contributed by atoms with Crippen molar-refractivity contribution < 1.29 is 0 Å². The Balaban J connectivity index is 1.78. The van der Waals surface area contributed by atoms with Crippen LogP contribution < -0.4 is 5.32 Å². The molecule has 18 heavy (non-hydrogen) atoms. The van der Waals surface area contributed by atoms with E-state index in [2.05, 4.69) is 17.3 Å². The van der Waals surface area contributed by atoms with Gasteiger partial charge in [-0.15, -0.1) is 0 Å². The van der Waals surface area contributed by atoms with Crippen LogP contribution in [0.4, 0.5) is 0 Å². The van der Waals surface area contributed by atoms with Gasteiger partial charge in [0.2, 0.25) is 0 Å². The fraction of sp³-hybridized carbons (Fsp3) is 0.786. The first-order chi connectivity index (χ1) is 8.58. The molecule has 1 N–H and O–H groups in total. The predicted molar refractivity (Wildman–Crippen MR) is 75.8 cm³/mol. The van der Waals surface area contributed by atoms with Crippen molar-refractivity contribution in [2.45, 2.75) is 46.1 Å². The van der Waals surface area contributed by atoms with Crippen LogP contribution in [0, 0.1) is 18.8 Å². The smallest absolute Gasteiger partial charge is 0.131 e. The average molecular weight is 270 g/mol. The number of hydrogen-bond acceptors (Lipinski definition) is 2. The van der Waals surface area contributed by atoms with Crippen molar-refractivity contribution in [3.8, 4) is 0 Å². The summed E-state index contributed by atoms with van der Waals surface area (Å²) in [5.74, 6) is 1.77. The maximum absolute atomic E-state index is 6.22. The molecule has 1 aliphatic carbocycles. The van der Waals surface area contributed by atoms with Gasteiger partial charge in [-0.2, -0.15) is 5.10 Å². The first kappa shape index (κ1) is 13.9. The van der Waals surface area contributed by atoms with E-state index in [0.717, 1.165) is 41.3 Å². The summed E-state index contributed by atoms with van der Waals surface area (Å²) in [6.07, 6.45) is 5.51. The van der Waals surface area contributed by atoms with Crippen molar-refractivity contribution in [1.29, 1.82) is 0 Å². The highest BCUT2D eigenvalue weighted by Gasteiger charge is 2.18. The Morgan fingerprint density at radius 2 is 2.00 bits per heavy atom. The molecule has 2 rings (SSSR count). The van der Waals surface area contributed by atoms with Crippen molar-refractivity contribution in [2.24, 2.45) is 18.9 Å². The molecule has 0 spiro atoms. The zero-order valence-electron chi connectivity index (χ0n) is 11.7. The number of hydrogen-bond donors (Lipinski definition) is 1. The van der Waals surface area contributed by atoms with Crippen LogP contribution in [-0.4, -0.2) is 16.3 Å². The second-order valence-electron chi connectivity index (χ2n) is 5.74. The SMILES string of the molecule is Cc1nn(C)c(Cl)c1CNCC1CCC(C)CC1. The molecule has 1 saturated carbocycles. The van der Waals surface area contributed by atoms with Crippen molar-refractivity contribution in [2.75, 3.05) is 6.54 Å². The molecule has 0 amide bonds. The third kappa shape index (κ3) is 3.27. The van der Waals surface area contributed by atoms with Crippen LogP contribution >= 0.6 is 11.6 Å². The number of nitrogens with zero attached hydrogens (tertiary/aromatic N) is 2. The maximum Gasteiger partial charge on any atom is 0.131 e. The van der Waals surface area contributed by atoms with Gasteiger partial charge in [-0.25, -0.2) is 0 Å². The molecule has 0 aromatic carbocycles. The number of rotatable bonds is 4. The first-order valence-corrected chi connectivity index (χ1v) is 7.34. The summed E-state index contributed by atoms with van der Waals surface area (Å²) in [6, 6.07) is 0. The summed E-state index contributed by atoms with van der Waals surface area (Å²) >= 11 is 6.22. The van der Waals surface area contributed by atoms with Crippen LogP contribution in [0.1, 0.15) is 43.9 Å². The highest BCUT2D eigenvalue weighted by atomic mass is 35.5. The monoisotopic (exact) mass is 269 g/mol. The van der Waals surface area contributed by atoms with Gasteiger partial charge in [0.15, 0.2) is 0 Å². The molecular weight excluding hydrogens is 246 g/mol. The molecule has 4 heteroatoms. The Bertz CT molecular complexity index is 392. The quantitative estimate of drug-likeness (QED) is 0.909. The van der Waals surface area contributed by atoms with Crippen molar-refractivity contribution in [1.82, 2.24) is 15.1 Å². The van der Waals surface area contributed by atoms with Gasteiger partial charge in [0.05, 0.1) is 5.69 Å². The number of nitrogens with one attached hydrogen (secondary N) is 1. The molecule has 1 fully saturated rings. The van der Waals surface area contributed by atoms with E-state index in [-0.39, 0.29) is 0 Å². The lowest BCUT2D eigenvalue weighted by atomic mass is 9.83.